The Labute approximate surface area is 127 Å². The summed E-state index contributed by atoms with van der Waals surface area (Å²) in [5.41, 5.74) is 1.70. The van der Waals surface area contributed by atoms with Gasteiger partial charge in [0.05, 0.1) is 5.02 Å². The van der Waals surface area contributed by atoms with Crippen LogP contribution in [0.4, 0.5) is 5.69 Å². The molecule has 21 heavy (non-hydrogen) atoms. The Balaban J connectivity index is 2.10. The maximum atomic E-state index is 12.0. The minimum Gasteiger partial charge on any atom is -0.506 e. The molecule has 0 saturated heterocycles. The minimum absolute atomic E-state index is 0.0694. The number of aliphatic hydroxyl groups excluding tert-OH is 1. The van der Waals surface area contributed by atoms with Gasteiger partial charge >= 0.3 is 0 Å². The Hall–Kier alpha value is -2.48. The Bertz CT molecular complexity index is 715. The maximum absolute atomic E-state index is 12.0. The minimum atomic E-state index is -0.328. The van der Waals surface area contributed by atoms with Crippen molar-refractivity contribution in [1.29, 1.82) is 0 Å². The van der Waals surface area contributed by atoms with Crippen LogP contribution in [0.2, 0.25) is 5.02 Å². The van der Waals surface area contributed by atoms with Crippen molar-refractivity contribution in [3.8, 4) is 17.6 Å². The number of benzene rings is 2. The molecule has 0 saturated carbocycles. The van der Waals surface area contributed by atoms with E-state index in [-0.39, 0.29) is 23.3 Å². The monoisotopic (exact) mass is 301 g/mol. The number of anilines is 1. The highest BCUT2D eigenvalue weighted by Gasteiger charge is 2.08. The van der Waals surface area contributed by atoms with Crippen LogP contribution in [-0.4, -0.2) is 22.7 Å². The van der Waals surface area contributed by atoms with Gasteiger partial charge in [-0.25, -0.2) is 0 Å². The summed E-state index contributed by atoms with van der Waals surface area (Å²) in [6.07, 6.45) is 0. The largest absolute Gasteiger partial charge is 0.506 e. The number of halogens is 1. The quantitative estimate of drug-likeness (QED) is 0.747. The molecule has 0 radical (unpaired) electrons. The number of phenols is 1. The number of aromatic hydroxyl groups is 1. The van der Waals surface area contributed by atoms with E-state index < -0.39 is 0 Å². The Morgan fingerprint density at radius 2 is 1.90 bits per heavy atom. The van der Waals surface area contributed by atoms with Gasteiger partial charge in [0.1, 0.15) is 12.4 Å². The first-order chi connectivity index (χ1) is 10.1. The lowest BCUT2D eigenvalue weighted by Crippen LogP contribution is -2.11. The summed E-state index contributed by atoms with van der Waals surface area (Å²) in [7, 11) is 0. The van der Waals surface area contributed by atoms with Gasteiger partial charge in [-0.15, -0.1) is 0 Å². The molecule has 2 aromatic carbocycles. The lowest BCUT2D eigenvalue weighted by molar-refractivity contribution is 0.102. The van der Waals surface area contributed by atoms with E-state index >= 15 is 0 Å². The SMILES string of the molecule is O=C(Nc1ccc(C#CCO)cc1)c1ccc(O)c(Cl)c1. The lowest BCUT2D eigenvalue weighted by Gasteiger charge is -2.06. The van der Waals surface area contributed by atoms with Gasteiger partial charge < -0.3 is 15.5 Å². The summed E-state index contributed by atoms with van der Waals surface area (Å²) in [6.45, 7) is -0.194. The second-order valence-corrected chi connectivity index (χ2v) is 4.56. The number of amides is 1. The van der Waals surface area contributed by atoms with Crippen LogP contribution in [0.1, 0.15) is 15.9 Å². The van der Waals surface area contributed by atoms with Gasteiger partial charge in [-0.3, -0.25) is 4.79 Å². The zero-order valence-corrected chi connectivity index (χ0v) is 11.7. The summed E-state index contributed by atoms with van der Waals surface area (Å²) < 4.78 is 0. The molecule has 4 nitrogen and oxygen atoms in total. The van der Waals surface area contributed by atoms with E-state index in [2.05, 4.69) is 17.2 Å². The fraction of sp³-hybridized carbons (Fsp3) is 0.0625. The molecule has 0 heterocycles. The van der Waals surface area contributed by atoms with Crippen molar-refractivity contribution >= 4 is 23.2 Å². The molecule has 1 amide bonds. The first-order valence-electron chi connectivity index (χ1n) is 6.10. The van der Waals surface area contributed by atoms with E-state index in [0.29, 0.717) is 11.3 Å². The Morgan fingerprint density at radius 1 is 1.19 bits per heavy atom. The van der Waals surface area contributed by atoms with Crippen LogP contribution >= 0.6 is 11.6 Å². The van der Waals surface area contributed by atoms with E-state index in [1.165, 1.54) is 18.2 Å². The second-order valence-electron chi connectivity index (χ2n) is 4.16. The Kier molecular flexibility index (Phi) is 4.83. The second kappa shape index (κ2) is 6.80. The van der Waals surface area contributed by atoms with Crippen LogP contribution in [0.5, 0.6) is 5.75 Å². The van der Waals surface area contributed by atoms with Gasteiger partial charge in [-0.05, 0) is 42.5 Å². The Morgan fingerprint density at radius 3 is 2.52 bits per heavy atom. The normalized spacial score (nSPS) is 9.62. The molecular formula is C16H12ClNO3. The fourth-order valence-corrected chi connectivity index (χ4v) is 1.81. The van der Waals surface area contributed by atoms with Crippen molar-refractivity contribution in [2.24, 2.45) is 0 Å². The summed E-state index contributed by atoms with van der Waals surface area (Å²) in [5, 5.41) is 20.8. The van der Waals surface area contributed by atoms with Crippen molar-refractivity contribution in [2.75, 3.05) is 11.9 Å². The van der Waals surface area contributed by atoms with Crippen molar-refractivity contribution in [2.45, 2.75) is 0 Å². The summed E-state index contributed by atoms with van der Waals surface area (Å²) in [5.74, 6) is 4.91. The van der Waals surface area contributed by atoms with Crippen LogP contribution in [0.15, 0.2) is 42.5 Å². The number of nitrogens with one attached hydrogen (secondary N) is 1. The molecule has 0 aliphatic heterocycles. The molecule has 0 aliphatic carbocycles. The smallest absolute Gasteiger partial charge is 0.255 e. The zero-order valence-electron chi connectivity index (χ0n) is 10.9. The average Bonchev–Trinajstić information content (AvgIpc) is 2.49. The molecule has 0 unspecified atom stereocenters. The number of aliphatic hydroxyl groups is 1. The molecule has 3 N–H and O–H groups in total. The van der Waals surface area contributed by atoms with Crippen LogP contribution in [0.3, 0.4) is 0 Å². The van der Waals surface area contributed by atoms with Gasteiger partial charge in [0, 0.05) is 16.8 Å². The number of rotatable bonds is 2. The van der Waals surface area contributed by atoms with Crippen LogP contribution in [0, 0.1) is 11.8 Å². The highest BCUT2D eigenvalue weighted by Crippen LogP contribution is 2.24. The number of hydrogen-bond acceptors (Lipinski definition) is 3. The summed E-state index contributed by atoms with van der Waals surface area (Å²) in [4.78, 5) is 12.0. The van der Waals surface area contributed by atoms with Crippen molar-refractivity contribution in [3.63, 3.8) is 0 Å². The fourth-order valence-electron chi connectivity index (χ4n) is 1.63. The zero-order chi connectivity index (χ0) is 15.2. The van der Waals surface area contributed by atoms with Crippen LogP contribution in [-0.2, 0) is 0 Å². The van der Waals surface area contributed by atoms with Crippen molar-refractivity contribution in [3.05, 3.63) is 58.6 Å². The van der Waals surface area contributed by atoms with Gasteiger partial charge in [0.2, 0.25) is 0 Å². The lowest BCUT2D eigenvalue weighted by atomic mass is 10.1. The summed E-state index contributed by atoms with van der Waals surface area (Å²) in [6, 6.07) is 11.1. The first kappa shape index (κ1) is 14.9. The molecule has 106 valence electrons. The molecule has 0 aliphatic rings. The standard InChI is InChI=1S/C16H12ClNO3/c17-14-10-12(5-8-15(14)20)16(21)18-13-6-3-11(4-7-13)2-1-9-19/h3-8,10,19-20H,9H2,(H,18,21). The topological polar surface area (TPSA) is 69.6 Å². The number of hydrogen-bond donors (Lipinski definition) is 3. The molecule has 0 bridgehead atoms. The molecule has 0 spiro atoms. The molecule has 2 rings (SSSR count). The third-order valence-corrected chi connectivity index (χ3v) is 2.97. The number of phenolic OH excluding ortho intramolecular Hbond substituents is 1. The summed E-state index contributed by atoms with van der Waals surface area (Å²) >= 11 is 5.76. The van der Waals surface area contributed by atoms with Crippen molar-refractivity contribution in [1.82, 2.24) is 0 Å². The highest BCUT2D eigenvalue weighted by molar-refractivity contribution is 6.32. The molecule has 0 fully saturated rings. The average molecular weight is 302 g/mol. The maximum Gasteiger partial charge on any atom is 0.255 e. The molecule has 0 aromatic heterocycles. The van der Waals surface area contributed by atoms with E-state index in [0.717, 1.165) is 5.56 Å². The molecule has 5 heteroatoms. The van der Waals surface area contributed by atoms with Gasteiger partial charge in [0.15, 0.2) is 0 Å². The number of carbonyl (C=O) groups excluding carboxylic acids is 1. The molecule has 0 atom stereocenters. The molecular weight excluding hydrogens is 290 g/mol. The third-order valence-electron chi connectivity index (χ3n) is 2.66. The van der Waals surface area contributed by atoms with E-state index in [9.17, 15) is 9.90 Å². The first-order valence-corrected chi connectivity index (χ1v) is 6.47. The van der Waals surface area contributed by atoms with E-state index in [1.54, 1.807) is 24.3 Å². The van der Waals surface area contributed by atoms with Crippen molar-refractivity contribution < 1.29 is 15.0 Å². The predicted octanol–water partition coefficient (Wildman–Crippen LogP) is 2.64. The van der Waals surface area contributed by atoms with Crippen LogP contribution in [0.25, 0.3) is 0 Å². The van der Waals surface area contributed by atoms with E-state index in [4.69, 9.17) is 16.7 Å². The number of carbonyl (C=O) groups is 1. The highest BCUT2D eigenvalue weighted by atomic mass is 35.5. The third kappa shape index (κ3) is 3.99. The van der Waals surface area contributed by atoms with Gasteiger partial charge in [0.25, 0.3) is 5.91 Å². The van der Waals surface area contributed by atoms with E-state index in [1.807, 2.05) is 0 Å². The van der Waals surface area contributed by atoms with Gasteiger partial charge in [-0.1, -0.05) is 23.4 Å². The molecule has 2 aromatic rings. The predicted molar refractivity (Wildman–Crippen MR) is 81.5 cm³/mol. The van der Waals surface area contributed by atoms with Gasteiger partial charge in [-0.2, -0.15) is 0 Å². The van der Waals surface area contributed by atoms with Crippen LogP contribution < -0.4 is 5.32 Å².